The molecule has 9 nitrogen and oxygen atoms in total. The fourth-order valence-electron chi connectivity index (χ4n) is 3.96. The van der Waals surface area contributed by atoms with Crippen molar-refractivity contribution >= 4 is 22.2 Å². The van der Waals surface area contributed by atoms with Crippen molar-refractivity contribution in [3.05, 3.63) is 34.9 Å². The molecule has 36 heavy (non-hydrogen) atoms. The van der Waals surface area contributed by atoms with Gasteiger partial charge < -0.3 is 9.80 Å². The predicted molar refractivity (Wildman–Crippen MR) is 121 cm³/mol. The molecular formula is C21H23F5N8OS. The van der Waals surface area contributed by atoms with Crippen LogP contribution in [0.1, 0.15) is 36.3 Å². The van der Waals surface area contributed by atoms with Crippen LogP contribution in [0.25, 0.3) is 11.3 Å². The van der Waals surface area contributed by atoms with E-state index in [0.717, 1.165) is 12.4 Å². The molecule has 0 aliphatic carbocycles. The Morgan fingerprint density at radius 3 is 2.31 bits per heavy atom. The van der Waals surface area contributed by atoms with Crippen LogP contribution in [-0.4, -0.2) is 66.2 Å². The first-order valence-corrected chi connectivity index (χ1v) is 11.8. The van der Waals surface area contributed by atoms with E-state index in [4.69, 9.17) is 0 Å². The van der Waals surface area contributed by atoms with Crippen LogP contribution in [0.4, 0.5) is 27.0 Å². The van der Waals surface area contributed by atoms with E-state index in [0.29, 0.717) is 29.9 Å². The quantitative estimate of drug-likeness (QED) is 0.465. The molecule has 15 heteroatoms. The standard InChI is InChI=1S/C21H23F5N8OS/c1-11-9-32(5-6-33(11)15(35)10-34-13(3)29-12(2)31-34)17-16(30-19(36-17)21(24,25)26)14-7-27-18(28-8-14)20(4,22)23/h7-8,11H,5-6,9-10H2,1-4H3/t11-/m1/s1. The summed E-state index contributed by atoms with van der Waals surface area (Å²) in [4.78, 5) is 31.4. The molecule has 0 aromatic carbocycles. The topological polar surface area (TPSA) is 92.9 Å². The molecule has 1 atom stereocenters. The predicted octanol–water partition coefficient (Wildman–Crippen LogP) is 3.68. The number of hydrogen-bond donors (Lipinski definition) is 0. The molecule has 1 aliphatic heterocycles. The lowest BCUT2D eigenvalue weighted by atomic mass is 10.1. The van der Waals surface area contributed by atoms with Gasteiger partial charge >= 0.3 is 12.1 Å². The van der Waals surface area contributed by atoms with Gasteiger partial charge in [0, 0.05) is 50.6 Å². The van der Waals surface area contributed by atoms with Gasteiger partial charge in [0.05, 0.1) is 0 Å². The second-order valence-electron chi connectivity index (χ2n) is 8.60. The normalized spacial score (nSPS) is 17.1. The second kappa shape index (κ2) is 9.33. The molecule has 1 saturated heterocycles. The fraction of sp³-hybridized carbons (Fsp3) is 0.524. The third-order valence-corrected chi connectivity index (χ3v) is 6.81. The number of alkyl halides is 5. The number of hydrogen-bond acceptors (Lipinski definition) is 8. The molecule has 3 aromatic heterocycles. The smallest absolute Gasteiger partial charge is 0.358 e. The number of nitrogens with zero attached hydrogens (tertiary/aromatic N) is 8. The first kappa shape index (κ1) is 25.9. The number of aryl methyl sites for hydroxylation is 2. The second-order valence-corrected chi connectivity index (χ2v) is 9.58. The molecule has 1 fully saturated rings. The maximum atomic E-state index is 13.5. The molecule has 194 valence electrons. The molecule has 0 unspecified atom stereocenters. The van der Waals surface area contributed by atoms with Crippen LogP contribution in [-0.2, 0) is 23.4 Å². The first-order chi connectivity index (χ1) is 16.7. The SMILES string of the molecule is Cc1nc(C)n(CC(=O)N2CCN(c3sc(C(F)(F)F)nc3-c3cnc(C(C)(F)F)nc3)C[C@H]2C)n1. The number of carbonyl (C=O) groups excluding carboxylic acids is 1. The summed E-state index contributed by atoms with van der Waals surface area (Å²) in [7, 11) is 0. The van der Waals surface area contributed by atoms with Gasteiger partial charge in [-0.1, -0.05) is 11.3 Å². The van der Waals surface area contributed by atoms with Crippen LogP contribution in [0, 0.1) is 13.8 Å². The summed E-state index contributed by atoms with van der Waals surface area (Å²) in [5.74, 6) is -3.05. The number of piperazine rings is 1. The Morgan fingerprint density at radius 2 is 1.78 bits per heavy atom. The number of thiazole rings is 1. The molecule has 0 saturated carbocycles. The molecule has 0 bridgehead atoms. The van der Waals surface area contributed by atoms with Crippen LogP contribution in [0.2, 0.25) is 0 Å². The minimum absolute atomic E-state index is 0.00674. The highest BCUT2D eigenvalue weighted by Gasteiger charge is 2.39. The number of amides is 1. The summed E-state index contributed by atoms with van der Waals surface area (Å²) in [6.45, 7) is 6.68. The first-order valence-electron chi connectivity index (χ1n) is 10.9. The largest absolute Gasteiger partial charge is 0.443 e. The van der Waals surface area contributed by atoms with E-state index in [9.17, 15) is 26.7 Å². The van der Waals surface area contributed by atoms with Crippen LogP contribution >= 0.6 is 11.3 Å². The van der Waals surface area contributed by atoms with Crippen molar-refractivity contribution in [1.29, 1.82) is 0 Å². The van der Waals surface area contributed by atoms with E-state index >= 15 is 0 Å². The van der Waals surface area contributed by atoms with Gasteiger partial charge in [-0.25, -0.2) is 24.6 Å². The van der Waals surface area contributed by atoms with Crippen LogP contribution in [0.3, 0.4) is 0 Å². The summed E-state index contributed by atoms with van der Waals surface area (Å²) in [5, 5.41) is 3.34. The Kier molecular flexibility index (Phi) is 6.70. The third kappa shape index (κ3) is 5.29. The van der Waals surface area contributed by atoms with E-state index in [1.54, 1.807) is 30.6 Å². The van der Waals surface area contributed by atoms with Crippen LogP contribution < -0.4 is 4.90 Å². The zero-order valence-electron chi connectivity index (χ0n) is 19.8. The number of rotatable bonds is 5. The lowest BCUT2D eigenvalue weighted by Gasteiger charge is -2.40. The summed E-state index contributed by atoms with van der Waals surface area (Å²) >= 11 is 0.457. The van der Waals surface area contributed by atoms with Gasteiger partial charge in [0.25, 0.3) is 0 Å². The maximum Gasteiger partial charge on any atom is 0.443 e. The lowest BCUT2D eigenvalue weighted by Crippen LogP contribution is -2.54. The van der Waals surface area contributed by atoms with Gasteiger partial charge in [-0.2, -0.15) is 27.1 Å². The Morgan fingerprint density at radius 1 is 1.11 bits per heavy atom. The maximum absolute atomic E-state index is 13.5. The van der Waals surface area contributed by atoms with Gasteiger partial charge in [0.1, 0.15) is 28.9 Å². The molecule has 3 aromatic rings. The van der Waals surface area contributed by atoms with Gasteiger partial charge in [-0.05, 0) is 20.8 Å². The zero-order chi connectivity index (χ0) is 26.4. The third-order valence-electron chi connectivity index (χ3n) is 5.65. The molecular weight excluding hydrogens is 507 g/mol. The Labute approximate surface area is 207 Å². The minimum atomic E-state index is -4.69. The minimum Gasteiger partial charge on any atom is -0.358 e. The number of carbonyl (C=O) groups is 1. The van der Waals surface area contributed by atoms with Crippen molar-refractivity contribution in [2.45, 2.75) is 52.4 Å². The van der Waals surface area contributed by atoms with Crippen LogP contribution in [0.15, 0.2) is 12.4 Å². The van der Waals surface area contributed by atoms with Crippen molar-refractivity contribution in [1.82, 2.24) is 34.6 Å². The number of aromatic nitrogens is 6. The van der Waals surface area contributed by atoms with Crippen molar-refractivity contribution < 1.29 is 26.7 Å². The summed E-state index contributed by atoms with van der Waals surface area (Å²) in [6, 6.07) is -0.321. The van der Waals surface area contributed by atoms with E-state index in [-0.39, 0.29) is 54.4 Å². The number of halogens is 5. The summed E-state index contributed by atoms with van der Waals surface area (Å²) < 4.78 is 69.0. The molecule has 1 aliphatic rings. The van der Waals surface area contributed by atoms with Crippen molar-refractivity contribution in [2.75, 3.05) is 24.5 Å². The number of anilines is 1. The van der Waals surface area contributed by atoms with E-state index in [2.05, 4.69) is 25.0 Å². The fourth-order valence-corrected chi connectivity index (χ4v) is 4.95. The van der Waals surface area contributed by atoms with Gasteiger partial charge in [-0.3, -0.25) is 4.79 Å². The molecule has 4 heterocycles. The highest BCUT2D eigenvalue weighted by atomic mass is 32.1. The van der Waals surface area contributed by atoms with E-state index in [1.165, 1.54) is 4.68 Å². The van der Waals surface area contributed by atoms with Gasteiger partial charge in [0.2, 0.25) is 10.9 Å². The van der Waals surface area contributed by atoms with Crippen LogP contribution in [0.5, 0.6) is 0 Å². The van der Waals surface area contributed by atoms with Crippen molar-refractivity contribution in [2.24, 2.45) is 0 Å². The van der Waals surface area contributed by atoms with E-state index in [1.807, 2.05) is 0 Å². The molecule has 1 amide bonds. The summed E-state index contributed by atoms with van der Waals surface area (Å²) in [6.07, 6.45) is -2.60. The molecule has 0 radical (unpaired) electrons. The zero-order valence-corrected chi connectivity index (χ0v) is 20.7. The highest BCUT2D eigenvalue weighted by molar-refractivity contribution is 7.16. The Hall–Kier alpha value is -3.23. The Bertz CT molecular complexity index is 1250. The van der Waals surface area contributed by atoms with Gasteiger partial charge in [0.15, 0.2) is 5.82 Å². The average Bonchev–Trinajstić information content (AvgIpc) is 3.36. The van der Waals surface area contributed by atoms with Crippen molar-refractivity contribution in [3.63, 3.8) is 0 Å². The molecule has 0 spiro atoms. The lowest BCUT2D eigenvalue weighted by molar-refractivity contribution is -0.137. The summed E-state index contributed by atoms with van der Waals surface area (Å²) in [5.41, 5.74) is 0.0481. The highest BCUT2D eigenvalue weighted by Crippen LogP contribution is 2.43. The molecule has 0 N–H and O–H groups in total. The van der Waals surface area contributed by atoms with Gasteiger partial charge in [-0.15, -0.1) is 0 Å². The average molecular weight is 531 g/mol. The Balaban J connectivity index is 1.57. The molecule has 4 rings (SSSR count). The monoisotopic (exact) mass is 530 g/mol. The van der Waals surface area contributed by atoms with E-state index < -0.39 is 22.9 Å². The van der Waals surface area contributed by atoms with Crippen molar-refractivity contribution in [3.8, 4) is 11.3 Å².